The van der Waals surface area contributed by atoms with Crippen LogP contribution in [0, 0.1) is 0 Å². The molecule has 0 fully saturated rings. The van der Waals surface area contributed by atoms with Crippen molar-refractivity contribution < 1.29 is 9.53 Å². The highest BCUT2D eigenvalue weighted by atomic mass is 16.5. The van der Waals surface area contributed by atoms with Crippen molar-refractivity contribution in [1.82, 2.24) is 24.6 Å². The first-order chi connectivity index (χ1) is 14.6. The van der Waals surface area contributed by atoms with Gasteiger partial charge in [0.15, 0.2) is 0 Å². The summed E-state index contributed by atoms with van der Waals surface area (Å²) in [4.78, 5) is 17.1. The molecule has 0 unspecified atom stereocenters. The van der Waals surface area contributed by atoms with Crippen molar-refractivity contribution in [3.05, 3.63) is 59.9 Å². The number of ether oxygens (including phenoxy) is 1. The molecule has 0 radical (unpaired) electrons. The van der Waals surface area contributed by atoms with Crippen LogP contribution in [0.3, 0.4) is 0 Å². The van der Waals surface area contributed by atoms with E-state index in [-0.39, 0.29) is 11.9 Å². The van der Waals surface area contributed by atoms with E-state index in [1.54, 1.807) is 13.3 Å². The third-order valence-electron chi connectivity index (χ3n) is 5.68. The summed E-state index contributed by atoms with van der Waals surface area (Å²) in [7, 11) is 1.66. The van der Waals surface area contributed by atoms with E-state index < -0.39 is 0 Å². The van der Waals surface area contributed by atoms with Crippen LogP contribution in [0.5, 0.6) is 5.75 Å². The predicted octanol–water partition coefficient (Wildman–Crippen LogP) is 3.78. The van der Waals surface area contributed by atoms with Gasteiger partial charge in [0.25, 0.3) is 0 Å². The van der Waals surface area contributed by atoms with Crippen molar-refractivity contribution in [3.63, 3.8) is 0 Å². The van der Waals surface area contributed by atoms with Crippen molar-refractivity contribution in [3.8, 4) is 11.4 Å². The van der Waals surface area contributed by atoms with Crippen LogP contribution >= 0.6 is 0 Å². The Bertz CT molecular complexity index is 1000. The van der Waals surface area contributed by atoms with Gasteiger partial charge in [-0.2, -0.15) is 5.10 Å². The van der Waals surface area contributed by atoms with Crippen LogP contribution in [-0.4, -0.2) is 32.3 Å². The number of methoxy groups -OCH3 is 1. The standard InChI is InChI=1S/C23H29N5O2/c1-16(2)23-24-12-14-27(23)13-11-22(29)26-20-5-4-6-21-19(20)15-25-28(21)17-7-9-18(30-3)10-8-17/h7-10,12,14-16,20H,4-6,11,13H2,1-3H3,(H,26,29)/t20-/m1/s1. The summed E-state index contributed by atoms with van der Waals surface area (Å²) in [6.07, 6.45) is 9.01. The average Bonchev–Trinajstić information content (AvgIpc) is 3.40. The van der Waals surface area contributed by atoms with Crippen LogP contribution < -0.4 is 10.1 Å². The Balaban J connectivity index is 1.43. The first kappa shape index (κ1) is 20.2. The Labute approximate surface area is 177 Å². The number of hydrogen-bond donors (Lipinski definition) is 1. The van der Waals surface area contributed by atoms with E-state index in [2.05, 4.69) is 33.8 Å². The second kappa shape index (κ2) is 8.73. The minimum absolute atomic E-state index is 0.0144. The van der Waals surface area contributed by atoms with Gasteiger partial charge in [0.05, 0.1) is 25.0 Å². The quantitative estimate of drug-likeness (QED) is 0.647. The summed E-state index contributed by atoms with van der Waals surface area (Å²) < 4.78 is 9.29. The molecule has 0 spiro atoms. The van der Waals surface area contributed by atoms with Gasteiger partial charge in [-0.3, -0.25) is 4.79 Å². The lowest BCUT2D eigenvalue weighted by molar-refractivity contribution is -0.122. The van der Waals surface area contributed by atoms with Gasteiger partial charge in [0.1, 0.15) is 11.6 Å². The van der Waals surface area contributed by atoms with Crippen LogP contribution in [0.25, 0.3) is 5.69 Å². The highest BCUT2D eigenvalue weighted by Gasteiger charge is 2.26. The van der Waals surface area contributed by atoms with E-state index in [0.717, 1.165) is 42.1 Å². The fourth-order valence-electron chi connectivity index (χ4n) is 4.15. The summed E-state index contributed by atoms with van der Waals surface area (Å²) in [5, 5.41) is 7.83. The molecule has 0 bridgehead atoms. The first-order valence-electron chi connectivity index (χ1n) is 10.6. The van der Waals surface area contributed by atoms with Gasteiger partial charge in [-0.1, -0.05) is 13.8 Å². The molecule has 7 nitrogen and oxygen atoms in total. The zero-order chi connectivity index (χ0) is 21.1. The molecule has 1 aliphatic carbocycles. The molecule has 0 aliphatic heterocycles. The van der Waals surface area contributed by atoms with Crippen LogP contribution in [0.2, 0.25) is 0 Å². The number of rotatable bonds is 7. The van der Waals surface area contributed by atoms with E-state index in [1.165, 1.54) is 5.69 Å². The molecule has 1 aliphatic rings. The number of carbonyl (C=O) groups is 1. The third kappa shape index (κ3) is 4.10. The second-order valence-corrected chi connectivity index (χ2v) is 8.05. The summed E-state index contributed by atoms with van der Waals surface area (Å²) >= 11 is 0. The Morgan fingerprint density at radius 3 is 2.83 bits per heavy atom. The molecule has 4 rings (SSSR count). The molecular formula is C23H29N5O2. The summed E-state index contributed by atoms with van der Waals surface area (Å²) in [5.41, 5.74) is 3.30. The lowest BCUT2D eigenvalue weighted by Gasteiger charge is -2.24. The third-order valence-corrected chi connectivity index (χ3v) is 5.68. The maximum Gasteiger partial charge on any atom is 0.222 e. The number of amides is 1. The van der Waals surface area contributed by atoms with Gasteiger partial charge in [-0.15, -0.1) is 0 Å². The van der Waals surface area contributed by atoms with Crippen molar-refractivity contribution in [1.29, 1.82) is 0 Å². The highest BCUT2D eigenvalue weighted by Crippen LogP contribution is 2.31. The van der Waals surface area contributed by atoms with E-state index in [9.17, 15) is 4.79 Å². The largest absolute Gasteiger partial charge is 0.497 e. The Morgan fingerprint density at radius 2 is 2.10 bits per heavy atom. The topological polar surface area (TPSA) is 74.0 Å². The lowest BCUT2D eigenvalue weighted by atomic mass is 9.92. The van der Waals surface area contributed by atoms with Gasteiger partial charge in [-0.25, -0.2) is 9.67 Å². The average molecular weight is 408 g/mol. The van der Waals surface area contributed by atoms with E-state index >= 15 is 0 Å². The monoisotopic (exact) mass is 407 g/mol. The number of carbonyl (C=O) groups excluding carboxylic acids is 1. The smallest absolute Gasteiger partial charge is 0.222 e. The molecule has 1 aromatic carbocycles. The zero-order valence-corrected chi connectivity index (χ0v) is 17.8. The molecular weight excluding hydrogens is 378 g/mol. The molecule has 1 N–H and O–H groups in total. The summed E-state index contributed by atoms with van der Waals surface area (Å²) in [5.74, 6) is 2.24. The number of aryl methyl sites for hydroxylation is 1. The van der Waals surface area contributed by atoms with Gasteiger partial charge in [0, 0.05) is 42.5 Å². The number of hydrogen-bond acceptors (Lipinski definition) is 4. The van der Waals surface area contributed by atoms with Crippen LogP contribution in [0.15, 0.2) is 42.9 Å². The van der Waals surface area contributed by atoms with Crippen LogP contribution in [0.4, 0.5) is 0 Å². The Hall–Kier alpha value is -3.09. The summed E-state index contributed by atoms with van der Waals surface area (Å²) in [6.45, 7) is 4.87. The van der Waals surface area contributed by atoms with Crippen LogP contribution in [0.1, 0.15) is 62.2 Å². The Morgan fingerprint density at radius 1 is 1.30 bits per heavy atom. The van der Waals surface area contributed by atoms with Crippen molar-refractivity contribution in [2.75, 3.05) is 7.11 Å². The predicted molar refractivity (Wildman–Crippen MR) is 115 cm³/mol. The maximum atomic E-state index is 12.7. The minimum atomic E-state index is 0.0144. The number of fused-ring (bicyclic) bond motifs is 1. The van der Waals surface area contributed by atoms with E-state index in [1.807, 2.05) is 41.3 Å². The van der Waals surface area contributed by atoms with Gasteiger partial charge < -0.3 is 14.6 Å². The lowest BCUT2D eigenvalue weighted by Crippen LogP contribution is -2.31. The minimum Gasteiger partial charge on any atom is -0.497 e. The fourth-order valence-corrected chi connectivity index (χ4v) is 4.15. The molecule has 0 saturated carbocycles. The van der Waals surface area contributed by atoms with Crippen molar-refractivity contribution in [2.24, 2.45) is 0 Å². The number of nitrogens with one attached hydrogen (secondary N) is 1. The molecule has 158 valence electrons. The molecule has 1 atom stereocenters. The molecule has 7 heteroatoms. The van der Waals surface area contributed by atoms with E-state index in [4.69, 9.17) is 4.74 Å². The number of nitrogens with zero attached hydrogens (tertiary/aromatic N) is 4. The molecule has 2 heterocycles. The SMILES string of the molecule is COc1ccc(-n2ncc3c2CCC[C@H]3NC(=O)CCn2ccnc2C(C)C)cc1. The Kier molecular flexibility index (Phi) is 5.88. The first-order valence-corrected chi connectivity index (χ1v) is 10.6. The normalized spacial score (nSPS) is 15.8. The van der Waals surface area contributed by atoms with Gasteiger partial charge >= 0.3 is 0 Å². The maximum absolute atomic E-state index is 12.7. The fraction of sp³-hybridized carbons (Fsp3) is 0.435. The zero-order valence-electron chi connectivity index (χ0n) is 17.8. The molecule has 30 heavy (non-hydrogen) atoms. The van der Waals surface area contributed by atoms with Gasteiger partial charge in [0.2, 0.25) is 5.91 Å². The number of aromatic nitrogens is 4. The van der Waals surface area contributed by atoms with Crippen LogP contribution in [-0.2, 0) is 17.8 Å². The number of imidazole rings is 1. The second-order valence-electron chi connectivity index (χ2n) is 8.05. The molecule has 0 saturated heterocycles. The van der Waals surface area contributed by atoms with Crippen molar-refractivity contribution >= 4 is 5.91 Å². The van der Waals surface area contributed by atoms with Crippen molar-refractivity contribution in [2.45, 2.75) is 58.0 Å². The highest BCUT2D eigenvalue weighted by molar-refractivity contribution is 5.76. The summed E-state index contributed by atoms with van der Waals surface area (Å²) in [6, 6.07) is 7.90. The number of benzene rings is 1. The molecule has 3 aromatic rings. The van der Waals surface area contributed by atoms with E-state index in [0.29, 0.717) is 18.9 Å². The molecule has 1 amide bonds. The van der Waals surface area contributed by atoms with Gasteiger partial charge in [-0.05, 0) is 43.5 Å². The molecule has 2 aromatic heterocycles.